The van der Waals surface area contributed by atoms with Crippen molar-refractivity contribution in [2.24, 2.45) is 0 Å². The lowest BCUT2D eigenvalue weighted by Gasteiger charge is -2.19. The third-order valence-corrected chi connectivity index (χ3v) is 0.690. The zero-order valence-corrected chi connectivity index (χ0v) is 4.50. The Balaban J connectivity index is 4.07. The molecule has 0 atom stereocenters. The second kappa shape index (κ2) is 3.09. The molecule has 0 spiro atoms. The Hall–Kier alpha value is -0.460. The minimum Gasteiger partial charge on any atom is -0.233 e. The van der Waals surface area contributed by atoms with E-state index in [9.17, 15) is 26.3 Å². The van der Waals surface area contributed by atoms with Crippen LogP contribution in [0.5, 0.6) is 0 Å². The van der Waals surface area contributed by atoms with Gasteiger partial charge in [-0.2, -0.15) is 22.0 Å². The van der Waals surface area contributed by atoms with Gasteiger partial charge in [-0.25, -0.2) is 4.39 Å². The predicted molar refractivity (Wildman–Crippen MR) is 19.9 cm³/mol. The van der Waals surface area contributed by atoms with Crippen LogP contribution in [0.4, 0.5) is 26.3 Å². The average Bonchev–Trinajstić information content (AvgIpc) is 1.60. The fourth-order valence-corrected chi connectivity index (χ4v) is 0.231. The Morgan fingerprint density at radius 3 is 1.60 bits per heavy atom. The summed E-state index contributed by atoms with van der Waals surface area (Å²) in [7, 11) is 0. The van der Waals surface area contributed by atoms with Crippen LogP contribution < -0.4 is 0 Å². The summed E-state index contributed by atoms with van der Waals surface area (Å²) in [6.45, 7) is -6.08. The average molecular weight is 167 g/mol. The summed E-state index contributed by atoms with van der Waals surface area (Å²) in [4.78, 5) is -1.52. The number of nitrogens with zero attached hydrogens (tertiary/aromatic N) is 1. The molecule has 0 bridgehead atoms. The van der Waals surface area contributed by atoms with Crippen LogP contribution in [0.3, 0.4) is 0 Å². The maximum absolute atomic E-state index is 11.2. The van der Waals surface area contributed by atoms with Gasteiger partial charge in [-0.05, 0) is 0 Å². The molecule has 0 rings (SSSR count). The predicted octanol–water partition coefficient (Wildman–Crippen LogP) is 1.96. The van der Waals surface area contributed by atoms with Crippen molar-refractivity contribution in [1.29, 1.82) is 0 Å². The molecule has 0 aliphatic rings. The first kappa shape index (κ1) is 9.54. The minimum absolute atomic E-state index is 1.52. The molecule has 0 unspecified atom stereocenters. The topological polar surface area (TPSA) is 3.24 Å². The van der Waals surface area contributed by atoms with Gasteiger partial charge in [0.2, 0.25) is 0 Å². The van der Waals surface area contributed by atoms with Crippen LogP contribution in [-0.4, -0.2) is 24.5 Å². The van der Waals surface area contributed by atoms with E-state index in [0.29, 0.717) is 0 Å². The largest absolute Gasteiger partial charge is 0.466 e. The van der Waals surface area contributed by atoms with Crippen LogP contribution >= 0.6 is 0 Å². The zero-order chi connectivity index (χ0) is 8.36. The first-order chi connectivity index (χ1) is 4.39. The van der Waals surface area contributed by atoms with Gasteiger partial charge in [-0.3, -0.25) is 0 Å². The molecule has 0 heterocycles. The van der Waals surface area contributed by atoms with E-state index in [4.69, 9.17) is 0 Å². The Labute approximate surface area is 52.2 Å². The summed E-state index contributed by atoms with van der Waals surface area (Å²) in [5, 5.41) is 0. The maximum Gasteiger partial charge on any atom is 0.466 e. The first-order valence-electron chi connectivity index (χ1n) is 2.07. The lowest BCUT2D eigenvalue weighted by Crippen LogP contribution is -2.40. The van der Waals surface area contributed by atoms with E-state index in [1.165, 1.54) is 0 Å². The van der Waals surface area contributed by atoms with Gasteiger partial charge in [0.05, 0.1) is 0 Å². The number of alkyl halides is 6. The fourth-order valence-electron chi connectivity index (χ4n) is 0.231. The molecule has 1 nitrogen and oxygen atoms in total. The van der Waals surface area contributed by atoms with E-state index in [-0.39, 0.29) is 0 Å². The number of hydrogen-bond acceptors (Lipinski definition) is 1. The molecule has 0 aliphatic heterocycles. The first-order valence-corrected chi connectivity index (χ1v) is 2.07. The summed E-state index contributed by atoms with van der Waals surface area (Å²) < 4.78 is 67.0. The lowest BCUT2D eigenvalue weighted by molar-refractivity contribution is -0.302. The molecule has 0 radical (unpaired) electrons. The molecular formula is C3H3F6N. The molecule has 0 aromatic carbocycles. The SMILES string of the molecule is FCN(C(F)F)C(F)(F)F. The lowest BCUT2D eigenvalue weighted by atomic mass is 10.8. The molecule has 0 amide bonds. The van der Waals surface area contributed by atoms with Gasteiger partial charge in [0.15, 0.2) is 6.80 Å². The number of rotatable bonds is 2. The highest BCUT2D eigenvalue weighted by Gasteiger charge is 2.42. The normalized spacial score (nSPS) is 13.2. The summed E-state index contributed by atoms with van der Waals surface area (Å²) in [5.41, 5.74) is 0. The molecule has 0 saturated heterocycles. The summed E-state index contributed by atoms with van der Waals surface area (Å²) >= 11 is 0. The smallest absolute Gasteiger partial charge is 0.233 e. The van der Waals surface area contributed by atoms with Crippen molar-refractivity contribution in [1.82, 2.24) is 4.90 Å². The number of hydrogen-bond donors (Lipinski definition) is 0. The molecule has 0 aliphatic carbocycles. The maximum atomic E-state index is 11.2. The van der Waals surface area contributed by atoms with Gasteiger partial charge >= 0.3 is 12.8 Å². The summed E-state index contributed by atoms with van der Waals surface area (Å²) in [6.07, 6.45) is -5.30. The van der Waals surface area contributed by atoms with Crippen molar-refractivity contribution >= 4 is 0 Å². The van der Waals surface area contributed by atoms with Crippen molar-refractivity contribution < 1.29 is 26.3 Å². The third kappa shape index (κ3) is 2.42. The van der Waals surface area contributed by atoms with Gasteiger partial charge < -0.3 is 0 Å². The Bertz CT molecular complexity index is 97.7. The van der Waals surface area contributed by atoms with Gasteiger partial charge in [-0.15, -0.1) is 4.90 Å². The van der Waals surface area contributed by atoms with Gasteiger partial charge in [0.1, 0.15) is 0 Å². The van der Waals surface area contributed by atoms with Crippen LogP contribution in [-0.2, 0) is 0 Å². The molecule has 62 valence electrons. The van der Waals surface area contributed by atoms with Crippen molar-refractivity contribution in [3.05, 3.63) is 0 Å². The standard InChI is InChI=1S/C3H3F6N/c4-1-10(2(5)6)3(7,8)9/h2H,1H2. The second-order valence-electron chi connectivity index (χ2n) is 1.33. The zero-order valence-electron chi connectivity index (χ0n) is 4.50. The van der Waals surface area contributed by atoms with E-state index in [1.54, 1.807) is 0 Å². The second-order valence-corrected chi connectivity index (χ2v) is 1.33. The van der Waals surface area contributed by atoms with Crippen LogP contribution in [0.25, 0.3) is 0 Å². The van der Waals surface area contributed by atoms with Gasteiger partial charge in [0.25, 0.3) is 0 Å². The summed E-state index contributed by atoms with van der Waals surface area (Å²) in [5.74, 6) is 0. The molecule has 0 N–H and O–H groups in total. The molecular weight excluding hydrogens is 164 g/mol. The van der Waals surface area contributed by atoms with Gasteiger partial charge in [0, 0.05) is 0 Å². The van der Waals surface area contributed by atoms with Crippen molar-refractivity contribution in [2.75, 3.05) is 6.80 Å². The van der Waals surface area contributed by atoms with Crippen LogP contribution in [0.2, 0.25) is 0 Å². The number of halogens is 6. The monoisotopic (exact) mass is 167 g/mol. The van der Waals surface area contributed by atoms with E-state index >= 15 is 0 Å². The van der Waals surface area contributed by atoms with E-state index in [1.807, 2.05) is 0 Å². The highest BCUT2D eigenvalue weighted by molar-refractivity contribution is 4.51. The highest BCUT2D eigenvalue weighted by atomic mass is 19.4. The third-order valence-electron chi connectivity index (χ3n) is 0.690. The minimum atomic E-state index is -5.30. The Morgan fingerprint density at radius 2 is 1.60 bits per heavy atom. The quantitative estimate of drug-likeness (QED) is 0.448. The molecule has 7 heteroatoms. The van der Waals surface area contributed by atoms with Crippen molar-refractivity contribution in [3.63, 3.8) is 0 Å². The highest BCUT2D eigenvalue weighted by Crippen LogP contribution is 2.24. The van der Waals surface area contributed by atoms with E-state index in [0.717, 1.165) is 0 Å². The van der Waals surface area contributed by atoms with E-state index < -0.39 is 24.5 Å². The Morgan fingerprint density at radius 1 is 1.20 bits per heavy atom. The van der Waals surface area contributed by atoms with Gasteiger partial charge in [-0.1, -0.05) is 0 Å². The molecule has 0 fully saturated rings. The van der Waals surface area contributed by atoms with Crippen LogP contribution in [0, 0.1) is 0 Å². The molecule has 0 aromatic rings. The molecule has 0 saturated carbocycles. The van der Waals surface area contributed by atoms with Crippen molar-refractivity contribution in [3.8, 4) is 0 Å². The van der Waals surface area contributed by atoms with Crippen LogP contribution in [0.1, 0.15) is 0 Å². The fraction of sp³-hybridized carbons (Fsp3) is 1.00. The Kier molecular flexibility index (Phi) is 2.95. The van der Waals surface area contributed by atoms with Crippen LogP contribution in [0.15, 0.2) is 0 Å². The summed E-state index contributed by atoms with van der Waals surface area (Å²) in [6, 6.07) is 0. The van der Waals surface area contributed by atoms with E-state index in [2.05, 4.69) is 0 Å². The molecule has 0 aromatic heterocycles. The molecule has 10 heavy (non-hydrogen) atoms. The van der Waals surface area contributed by atoms with Crippen molar-refractivity contribution in [2.45, 2.75) is 12.8 Å².